The number of aromatic nitrogens is 4. The predicted molar refractivity (Wildman–Crippen MR) is 123 cm³/mol. The van der Waals surface area contributed by atoms with Gasteiger partial charge in [0.1, 0.15) is 17.0 Å². The highest BCUT2D eigenvalue weighted by atomic mass is 19.1. The van der Waals surface area contributed by atoms with Crippen molar-refractivity contribution < 1.29 is 13.9 Å². The van der Waals surface area contributed by atoms with Crippen molar-refractivity contribution in [1.29, 1.82) is 0 Å². The highest BCUT2D eigenvalue weighted by Gasteiger charge is 2.59. The van der Waals surface area contributed by atoms with E-state index >= 15 is 0 Å². The molecule has 2 N–H and O–H groups in total. The molecule has 33 heavy (non-hydrogen) atoms. The van der Waals surface area contributed by atoms with Crippen LogP contribution in [-0.2, 0) is 0 Å². The number of fused-ring (bicyclic) bond motifs is 2. The number of nitrogens with zero attached hydrogens (tertiary/aromatic N) is 5. The number of aliphatic hydroxyl groups is 1. The standard InChI is InChI=1S/C24H30F2N6O/c1-12(2)32-13(3)28-21-17(25)8-14(9-19(21)32)20-18(26)10-27-23(29-20)30-22-15-6-7-31(5)11-16(15)24(22,4)33/h8-10,12,15-16,22,33H,6-7,11H2,1-5H3,(H,27,29,30)/t15?,16-,22-,24+/m0/s1. The van der Waals surface area contributed by atoms with Crippen LogP contribution >= 0.6 is 0 Å². The summed E-state index contributed by atoms with van der Waals surface area (Å²) in [6, 6.07) is 2.83. The normalized spacial score (nSPS) is 27.6. The van der Waals surface area contributed by atoms with Gasteiger partial charge in [-0.25, -0.2) is 23.7 Å². The summed E-state index contributed by atoms with van der Waals surface area (Å²) in [6.45, 7) is 9.45. The molecule has 5 rings (SSSR count). The highest BCUT2D eigenvalue weighted by molar-refractivity contribution is 5.83. The first-order valence-electron chi connectivity index (χ1n) is 11.5. The monoisotopic (exact) mass is 456 g/mol. The van der Waals surface area contributed by atoms with Crippen LogP contribution in [0.3, 0.4) is 0 Å². The van der Waals surface area contributed by atoms with Gasteiger partial charge in [-0.1, -0.05) is 0 Å². The van der Waals surface area contributed by atoms with E-state index in [9.17, 15) is 13.9 Å². The van der Waals surface area contributed by atoms with Gasteiger partial charge in [0.25, 0.3) is 0 Å². The second-order valence-corrected chi connectivity index (χ2v) is 10.0. The number of anilines is 1. The van der Waals surface area contributed by atoms with Gasteiger partial charge in [-0.05, 0) is 65.8 Å². The van der Waals surface area contributed by atoms with Crippen LogP contribution in [0.5, 0.6) is 0 Å². The number of nitrogens with one attached hydrogen (secondary N) is 1. The molecule has 1 aliphatic carbocycles. The molecule has 2 fully saturated rings. The fourth-order valence-electron chi connectivity index (χ4n) is 5.78. The molecule has 3 heterocycles. The SMILES string of the molecule is Cc1nc2c(F)cc(-c3nc(N[C@H]4C5CCN(C)C[C@@H]5[C@@]4(C)O)ncc3F)cc2n1C(C)C. The smallest absolute Gasteiger partial charge is 0.223 e. The zero-order chi connectivity index (χ0) is 23.7. The van der Waals surface area contributed by atoms with E-state index in [2.05, 4.69) is 32.2 Å². The van der Waals surface area contributed by atoms with Crippen LogP contribution in [0.2, 0.25) is 0 Å². The lowest BCUT2D eigenvalue weighted by atomic mass is 9.55. The maximum Gasteiger partial charge on any atom is 0.223 e. The van der Waals surface area contributed by atoms with E-state index in [1.54, 1.807) is 6.07 Å². The van der Waals surface area contributed by atoms with Crippen molar-refractivity contribution in [2.24, 2.45) is 11.8 Å². The number of hydrogen-bond donors (Lipinski definition) is 2. The van der Waals surface area contributed by atoms with Crippen LogP contribution in [0.4, 0.5) is 14.7 Å². The molecule has 2 aliphatic rings. The molecule has 1 aromatic carbocycles. The molecular formula is C24H30F2N6O. The fourth-order valence-corrected chi connectivity index (χ4v) is 5.78. The Morgan fingerprint density at radius 3 is 2.70 bits per heavy atom. The Hall–Kier alpha value is -2.65. The summed E-state index contributed by atoms with van der Waals surface area (Å²) < 4.78 is 31.6. The minimum Gasteiger partial charge on any atom is -0.388 e. The van der Waals surface area contributed by atoms with Crippen molar-refractivity contribution in [2.45, 2.75) is 51.8 Å². The molecule has 0 radical (unpaired) electrons. The van der Waals surface area contributed by atoms with Gasteiger partial charge in [-0.3, -0.25) is 0 Å². The van der Waals surface area contributed by atoms with Gasteiger partial charge in [-0.2, -0.15) is 0 Å². The first kappa shape index (κ1) is 22.2. The van der Waals surface area contributed by atoms with Gasteiger partial charge in [0.15, 0.2) is 11.6 Å². The highest BCUT2D eigenvalue weighted by Crippen LogP contribution is 2.49. The fraction of sp³-hybridized carbons (Fsp3) is 0.542. The molecule has 1 unspecified atom stereocenters. The Morgan fingerprint density at radius 2 is 1.97 bits per heavy atom. The van der Waals surface area contributed by atoms with Gasteiger partial charge >= 0.3 is 0 Å². The van der Waals surface area contributed by atoms with E-state index in [1.807, 2.05) is 32.3 Å². The predicted octanol–water partition coefficient (Wildman–Crippen LogP) is 3.77. The second kappa shape index (κ2) is 7.70. The lowest BCUT2D eigenvalue weighted by Crippen LogP contribution is -2.72. The molecule has 176 valence electrons. The molecule has 4 atom stereocenters. The summed E-state index contributed by atoms with van der Waals surface area (Å²) in [5, 5.41) is 14.3. The Labute approximate surface area is 191 Å². The molecule has 1 saturated carbocycles. The van der Waals surface area contributed by atoms with Crippen LogP contribution in [0.25, 0.3) is 22.3 Å². The number of benzene rings is 1. The molecule has 1 aliphatic heterocycles. The number of likely N-dealkylation sites (tertiary alicyclic amines) is 1. The van der Waals surface area contributed by atoms with E-state index in [0.29, 0.717) is 22.8 Å². The van der Waals surface area contributed by atoms with Crippen LogP contribution in [0.15, 0.2) is 18.3 Å². The van der Waals surface area contributed by atoms with E-state index in [0.717, 1.165) is 25.7 Å². The minimum absolute atomic E-state index is 0.0151. The first-order valence-corrected chi connectivity index (χ1v) is 11.5. The van der Waals surface area contributed by atoms with Crippen LogP contribution in [0, 0.1) is 30.4 Å². The van der Waals surface area contributed by atoms with Crippen molar-refractivity contribution in [2.75, 3.05) is 25.5 Å². The second-order valence-electron chi connectivity index (χ2n) is 10.0. The van der Waals surface area contributed by atoms with Crippen molar-refractivity contribution in [1.82, 2.24) is 24.4 Å². The molecule has 0 amide bonds. The molecule has 3 aromatic rings. The maximum absolute atomic E-state index is 14.9. The summed E-state index contributed by atoms with van der Waals surface area (Å²) in [6.07, 6.45) is 2.06. The van der Waals surface area contributed by atoms with Crippen molar-refractivity contribution in [3.8, 4) is 11.3 Å². The quantitative estimate of drug-likeness (QED) is 0.622. The molecule has 9 heteroatoms. The summed E-state index contributed by atoms with van der Waals surface area (Å²) in [4.78, 5) is 15.1. The molecule has 0 spiro atoms. The van der Waals surface area contributed by atoms with Crippen molar-refractivity contribution >= 4 is 17.0 Å². The average molecular weight is 457 g/mol. The zero-order valence-corrected chi connectivity index (χ0v) is 19.6. The number of rotatable bonds is 4. The Kier molecular flexibility index (Phi) is 5.17. The molecule has 1 saturated heterocycles. The topological polar surface area (TPSA) is 79.1 Å². The molecule has 2 aromatic heterocycles. The van der Waals surface area contributed by atoms with Crippen LogP contribution in [0.1, 0.15) is 39.1 Å². The summed E-state index contributed by atoms with van der Waals surface area (Å²) in [5.74, 6) is 0.234. The number of aryl methyl sites for hydroxylation is 1. The van der Waals surface area contributed by atoms with E-state index in [1.165, 1.54) is 6.07 Å². The first-order chi connectivity index (χ1) is 15.6. The minimum atomic E-state index is -0.913. The van der Waals surface area contributed by atoms with Gasteiger partial charge in [-0.15, -0.1) is 0 Å². The van der Waals surface area contributed by atoms with Gasteiger partial charge in [0.2, 0.25) is 5.95 Å². The van der Waals surface area contributed by atoms with Gasteiger partial charge in [0, 0.05) is 24.1 Å². The number of hydrogen-bond acceptors (Lipinski definition) is 6. The maximum atomic E-state index is 14.9. The lowest BCUT2D eigenvalue weighted by Gasteiger charge is -2.60. The third kappa shape index (κ3) is 3.49. The van der Waals surface area contributed by atoms with E-state index in [4.69, 9.17) is 0 Å². The number of piperidine rings is 1. The zero-order valence-electron chi connectivity index (χ0n) is 19.6. The van der Waals surface area contributed by atoms with Gasteiger partial charge < -0.3 is 19.9 Å². The summed E-state index contributed by atoms with van der Waals surface area (Å²) in [7, 11) is 2.06. The van der Waals surface area contributed by atoms with Crippen LogP contribution < -0.4 is 5.32 Å². The molecule has 0 bridgehead atoms. The van der Waals surface area contributed by atoms with Crippen molar-refractivity contribution in [3.63, 3.8) is 0 Å². The summed E-state index contributed by atoms with van der Waals surface area (Å²) in [5.41, 5.74) is 0.283. The third-order valence-corrected chi connectivity index (χ3v) is 7.42. The third-order valence-electron chi connectivity index (χ3n) is 7.42. The summed E-state index contributed by atoms with van der Waals surface area (Å²) >= 11 is 0. The number of halogens is 2. The Morgan fingerprint density at radius 1 is 1.21 bits per heavy atom. The molecular weight excluding hydrogens is 426 g/mol. The van der Waals surface area contributed by atoms with E-state index in [-0.39, 0.29) is 35.2 Å². The lowest BCUT2D eigenvalue weighted by molar-refractivity contribution is -0.162. The van der Waals surface area contributed by atoms with Crippen LogP contribution in [-0.4, -0.2) is 61.3 Å². The largest absolute Gasteiger partial charge is 0.388 e. The average Bonchev–Trinajstić information content (AvgIpc) is 3.10. The number of imidazole rings is 1. The Balaban J connectivity index is 1.50. The van der Waals surface area contributed by atoms with Crippen molar-refractivity contribution in [3.05, 3.63) is 35.8 Å². The van der Waals surface area contributed by atoms with Gasteiger partial charge in [0.05, 0.1) is 23.4 Å². The molecule has 7 nitrogen and oxygen atoms in total. The Bertz CT molecular complexity index is 1220. The van der Waals surface area contributed by atoms with E-state index < -0.39 is 17.2 Å².